The first-order valence-corrected chi connectivity index (χ1v) is 16.9. The zero-order valence-corrected chi connectivity index (χ0v) is 17.9. The molecule has 118 valence electrons. The second-order valence-corrected chi connectivity index (χ2v) is 23.2. The van der Waals surface area contributed by atoms with Gasteiger partial charge < -0.3 is 0 Å². The van der Waals surface area contributed by atoms with Gasteiger partial charge in [-0.15, -0.1) is 0 Å². The van der Waals surface area contributed by atoms with Gasteiger partial charge in [0.1, 0.15) is 0 Å². The quantitative estimate of drug-likeness (QED) is 0.530. The van der Waals surface area contributed by atoms with Crippen LogP contribution in [0.25, 0.3) is 0 Å². The van der Waals surface area contributed by atoms with Gasteiger partial charge in [0.05, 0.1) is 39.6 Å². The van der Waals surface area contributed by atoms with Crippen LogP contribution in [0.1, 0.15) is 0 Å². The van der Waals surface area contributed by atoms with Gasteiger partial charge in [-0.3, -0.25) is 0 Å². The number of hydrogen-bond donors (Lipinski definition) is 0. The molecule has 0 atom stereocenters. The van der Waals surface area contributed by atoms with Gasteiger partial charge >= 0.3 is 0 Å². The van der Waals surface area contributed by atoms with Crippen molar-refractivity contribution in [1.82, 2.24) is 0 Å². The van der Waals surface area contributed by atoms with Crippen LogP contribution in [0.5, 0.6) is 0 Å². The minimum atomic E-state index is -1.24. The molecule has 0 aliphatic carbocycles. The normalized spacial score (nSPS) is 12.9. The highest BCUT2D eigenvalue weighted by molar-refractivity contribution is 7.78. The lowest BCUT2D eigenvalue weighted by molar-refractivity contribution is 1.45. The van der Waals surface area contributed by atoms with Crippen LogP contribution in [-0.2, 0) is 0 Å². The van der Waals surface area contributed by atoms with Crippen molar-refractivity contribution in [2.45, 2.75) is 44.2 Å². The molecule has 0 radical (unpaired) electrons. The zero-order valence-electron chi connectivity index (χ0n) is 14.9. The lowest BCUT2D eigenvalue weighted by atomic mass is 10.4. The summed E-state index contributed by atoms with van der Waals surface area (Å²) < 4.78 is 0. The predicted octanol–water partition coefficient (Wildman–Crippen LogP) is 4.98. The fourth-order valence-corrected chi connectivity index (χ4v) is 25.3. The average Bonchev–Trinajstić information content (AvgIpc) is 2.44. The van der Waals surface area contributed by atoms with Gasteiger partial charge in [0.2, 0.25) is 0 Å². The first-order chi connectivity index (χ1) is 10.2. The van der Waals surface area contributed by atoms with Crippen LogP contribution in [0.2, 0.25) is 39.3 Å². The van der Waals surface area contributed by atoms with E-state index in [0.29, 0.717) is 0 Å². The number of hydrogen-bond acceptors (Lipinski definition) is 0. The van der Waals surface area contributed by atoms with Gasteiger partial charge in [-0.05, 0) is 24.3 Å². The Kier molecular flexibility index (Phi) is 5.47. The molecule has 0 aliphatic rings. The Morgan fingerprint density at radius 3 is 1.18 bits per heavy atom. The van der Waals surface area contributed by atoms with E-state index in [-0.39, 0.29) is 0 Å². The summed E-state index contributed by atoms with van der Waals surface area (Å²) in [4.78, 5) is 0.926. The molecule has 0 spiro atoms. The van der Waals surface area contributed by atoms with Gasteiger partial charge in [-0.2, -0.15) is 0 Å². The molecule has 0 saturated carbocycles. The third-order valence-electron chi connectivity index (χ3n) is 4.19. The molecule has 0 unspecified atom stereocenters. The maximum Gasteiger partial charge on any atom is 0.0963 e. The maximum absolute atomic E-state index is 2.58. The molecule has 2 rings (SSSR count). The van der Waals surface area contributed by atoms with E-state index in [2.05, 4.69) is 99.9 Å². The van der Waals surface area contributed by atoms with Gasteiger partial charge in [-0.25, -0.2) is 0 Å². The lowest BCUT2D eigenvalue weighted by Crippen LogP contribution is -2.55. The summed E-state index contributed by atoms with van der Waals surface area (Å²) in [7, 11) is -3.22. The Labute approximate surface area is 139 Å². The van der Waals surface area contributed by atoms with Crippen molar-refractivity contribution < 1.29 is 0 Å². The molecule has 2 aromatic carbocycles. The fraction of sp³-hybridized carbons (Fsp3) is 0.368. The highest BCUT2D eigenvalue weighted by Crippen LogP contribution is 2.48. The van der Waals surface area contributed by atoms with Gasteiger partial charge in [0, 0.05) is 0 Å². The number of benzene rings is 2. The topological polar surface area (TPSA) is 0 Å². The number of rotatable bonds is 5. The Morgan fingerprint density at radius 1 is 0.591 bits per heavy atom. The van der Waals surface area contributed by atoms with Crippen molar-refractivity contribution in [2.24, 2.45) is 0 Å². The molecule has 0 bridgehead atoms. The lowest BCUT2D eigenvalue weighted by Gasteiger charge is -2.38. The van der Waals surface area contributed by atoms with Crippen molar-refractivity contribution >= 4 is 34.7 Å². The molecule has 0 saturated heterocycles. The largest absolute Gasteiger partial charge is 0.0963 e. The molecule has 0 aromatic heterocycles. The maximum atomic E-state index is 2.58. The Morgan fingerprint density at radius 2 is 0.909 bits per heavy atom. The minimum Gasteiger partial charge on any atom is -0.0664 e. The van der Waals surface area contributed by atoms with E-state index < -0.39 is 24.1 Å². The summed E-state index contributed by atoms with van der Waals surface area (Å²) in [6, 6.07) is 22.6. The molecule has 0 amide bonds. The first-order valence-electron chi connectivity index (χ1n) is 8.19. The standard InChI is InChI=1S/C19H29PSi2/c1-21(2,3)19(22(4,5)6)20(17-13-9-7-10-14-17)18-15-11-8-12-16-18/h7-16,19H,1-6H3/p+1. The van der Waals surface area contributed by atoms with Crippen LogP contribution < -0.4 is 10.6 Å². The van der Waals surface area contributed by atoms with E-state index in [9.17, 15) is 0 Å². The van der Waals surface area contributed by atoms with E-state index >= 15 is 0 Å². The van der Waals surface area contributed by atoms with Crippen molar-refractivity contribution in [2.75, 3.05) is 0 Å². The third-order valence-corrected chi connectivity index (χ3v) is 22.3. The molecular weight excluding hydrogens is 315 g/mol. The molecule has 0 aliphatic heterocycles. The van der Waals surface area contributed by atoms with Crippen LogP contribution in [0.3, 0.4) is 0 Å². The Hall–Kier alpha value is -0.696. The second-order valence-electron chi connectivity index (χ2n) is 8.31. The SMILES string of the molecule is C[Si](C)(C)C([PH+](c1ccccc1)c1ccccc1)[Si](C)(C)C. The van der Waals surface area contributed by atoms with E-state index in [0.717, 1.165) is 4.91 Å². The van der Waals surface area contributed by atoms with Crippen LogP contribution in [-0.4, -0.2) is 21.1 Å². The summed E-state index contributed by atoms with van der Waals surface area (Å²) in [5.41, 5.74) is 0. The van der Waals surface area contributed by atoms with Crippen molar-refractivity contribution in [1.29, 1.82) is 0 Å². The van der Waals surface area contributed by atoms with Crippen molar-refractivity contribution in [3.8, 4) is 0 Å². The molecule has 0 heterocycles. The minimum absolute atomic E-state index is 0.729. The van der Waals surface area contributed by atoms with Crippen LogP contribution in [0.15, 0.2) is 60.7 Å². The predicted molar refractivity (Wildman–Crippen MR) is 111 cm³/mol. The highest BCUT2D eigenvalue weighted by atomic mass is 31.1. The summed E-state index contributed by atoms with van der Waals surface area (Å²) in [6.07, 6.45) is 0. The van der Waals surface area contributed by atoms with Crippen molar-refractivity contribution in [3.05, 3.63) is 60.7 Å². The van der Waals surface area contributed by atoms with E-state index in [1.165, 1.54) is 0 Å². The van der Waals surface area contributed by atoms with Gasteiger partial charge in [-0.1, -0.05) is 75.7 Å². The highest BCUT2D eigenvalue weighted by Gasteiger charge is 2.49. The van der Waals surface area contributed by atoms with E-state index in [1.807, 2.05) is 0 Å². The summed E-state index contributed by atoms with van der Waals surface area (Å²) >= 11 is 0. The van der Waals surface area contributed by atoms with Crippen LogP contribution in [0, 0.1) is 0 Å². The smallest absolute Gasteiger partial charge is 0.0664 e. The molecule has 22 heavy (non-hydrogen) atoms. The van der Waals surface area contributed by atoms with Crippen LogP contribution in [0.4, 0.5) is 0 Å². The summed E-state index contributed by atoms with van der Waals surface area (Å²) in [6.45, 7) is 15.5. The molecular formula is C19H30PSi2+. The molecule has 3 heteroatoms. The van der Waals surface area contributed by atoms with E-state index in [1.54, 1.807) is 10.6 Å². The van der Waals surface area contributed by atoms with Gasteiger partial charge in [0.25, 0.3) is 0 Å². The van der Waals surface area contributed by atoms with Crippen molar-refractivity contribution in [3.63, 3.8) is 0 Å². The average molecular weight is 346 g/mol. The Bertz CT molecular complexity index is 529. The molecule has 0 fully saturated rings. The van der Waals surface area contributed by atoms with Gasteiger partial charge in [0.15, 0.2) is 0 Å². The van der Waals surface area contributed by atoms with Crippen LogP contribution >= 0.6 is 7.92 Å². The molecule has 0 N–H and O–H groups in total. The third kappa shape index (κ3) is 4.19. The monoisotopic (exact) mass is 345 g/mol. The second kappa shape index (κ2) is 6.82. The summed E-state index contributed by atoms with van der Waals surface area (Å²) in [5.74, 6) is 0. The Balaban J connectivity index is 2.62. The molecule has 0 nitrogen and oxygen atoms in total. The summed E-state index contributed by atoms with van der Waals surface area (Å²) in [5, 5.41) is 3.18. The zero-order chi connectivity index (χ0) is 16.4. The molecule has 2 aromatic rings. The fourth-order valence-electron chi connectivity index (χ4n) is 3.90. The first kappa shape index (κ1) is 17.7. The van der Waals surface area contributed by atoms with E-state index in [4.69, 9.17) is 0 Å².